The van der Waals surface area contributed by atoms with Gasteiger partial charge in [-0.25, -0.2) is 13.8 Å². The van der Waals surface area contributed by atoms with Gasteiger partial charge in [0.1, 0.15) is 0 Å². The molecule has 3 heterocycles. The van der Waals surface area contributed by atoms with Gasteiger partial charge in [0, 0.05) is 51.3 Å². The largest absolute Gasteiger partial charge is 0.471 e. The van der Waals surface area contributed by atoms with E-state index < -0.39 is 12.5 Å². The molecule has 192 valence electrons. The molecular weight excluding hydrogens is 454 g/mol. The Bertz CT molecular complexity index is 985. The summed E-state index contributed by atoms with van der Waals surface area (Å²) < 4.78 is 31.3. The van der Waals surface area contributed by atoms with Crippen LogP contribution in [0.4, 0.5) is 8.78 Å². The van der Waals surface area contributed by atoms with Gasteiger partial charge in [0.15, 0.2) is 6.61 Å². The number of pyridine rings is 1. The van der Waals surface area contributed by atoms with Crippen molar-refractivity contribution >= 4 is 5.91 Å². The molecule has 0 saturated heterocycles. The van der Waals surface area contributed by atoms with Gasteiger partial charge in [-0.15, -0.1) is 0 Å². The van der Waals surface area contributed by atoms with E-state index in [0.29, 0.717) is 11.6 Å². The molecule has 1 amide bonds. The Kier molecular flexibility index (Phi) is 8.30. The molecule has 0 atom stereocenters. The molecule has 0 aromatic carbocycles. The molecule has 0 radical (unpaired) electrons. The van der Waals surface area contributed by atoms with E-state index in [9.17, 15) is 13.6 Å². The van der Waals surface area contributed by atoms with Gasteiger partial charge in [0.2, 0.25) is 11.8 Å². The highest BCUT2D eigenvalue weighted by atomic mass is 19.3. The second kappa shape index (κ2) is 11.4. The smallest absolute Gasteiger partial charge is 0.278 e. The van der Waals surface area contributed by atoms with Gasteiger partial charge in [-0.1, -0.05) is 6.07 Å². The number of aryl methyl sites for hydroxylation is 1. The summed E-state index contributed by atoms with van der Waals surface area (Å²) in [7, 11) is 1.75. The van der Waals surface area contributed by atoms with Gasteiger partial charge in [-0.05, 0) is 56.6 Å². The monoisotopic (exact) mass is 490 g/mol. The lowest BCUT2D eigenvalue weighted by Gasteiger charge is -2.30. The molecule has 1 saturated carbocycles. The maximum Gasteiger partial charge on any atom is 0.278 e. The van der Waals surface area contributed by atoms with E-state index in [-0.39, 0.29) is 24.2 Å². The fourth-order valence-corrected chi connectivity index (χ4v) is 4.99. The quantitative estimate of drug-likeness (QED) is 0.582. The first-order chi connectivity index (χ1) is 16.7. The Morgan fingerprint density at radius 3 is 2.69 bits per heavy atom. The number of hydrogen-bond acceptors (Lipinski definition) is 6. The number of halogens is 2. The predicted molar refractivity (Wildman–Crippen MR) is 127 cm³/mol. The van der Waals surface area contributed by atoms with Crippen LogP contribution in [0.25, 0.3) is 0 Å². The highest BCUT2D eigenvalue weighted by molar-refractivity contribution is 5.78. The molecule has 35 heavy (non-hydrogen) atoms. The summed E-state index contributed by atoms with van der Waals surface area (Å²) in [5.41, 5.74) is 2.84. The van der Waals surface area contributed by atoms with Crippen LogP contribution in [-0.4, -0.2) is 69.0 Å². The first-order valence-corrected chi connectivity index (χ1v) is 12.6. The van der Waals surface area contributed by atoms with Crippen molar-refractivity contribution in [3.63, 3.8) is 0 Å². The van der Waals surface area contributed by atoms with Crippen molar-refractivity contribution in [1.82, 2.24) is 30.2 Å². The molecule has 1 aliphatic carbocycles. The molecule has 1 fully saturated rings. The highest BCUT2D eigenvalue weighted by Gasteiger charge is 2.25. The normalized spacial score (nSPS) is 21.3. The maximum atomic E-state index is 13.1. The minimum atomic E-state index is -2.87. The van der Waals surface area contributed by atoms with Crippen LogP contribution < -0.4 is 10.1 Å². The minimum absolute atomic E-state index is 0.0173. The lowest BCUT2D eigenvalue weighted by Crippen LogP contribution is -2.39. The van der Waals surface area contributed by atoms with E-state index in [4.69, 9.17) is 4.74 Å². The van der Waals surface area contributed by atoms with Gasteiger partial charge in [-0.3, -0.25) is 4.79 Å². The molecule has 4 rings (SSSR count). The summed E-state index contributed by atoms with van der Waals surface area (Å²) in [4.78, 5) is 20.7. The zero-order chi connectivity index (χ0) is 24.8. The molecule has 2 aromatic heterocycles. The molecule has 10 heteroatoms. The number of aromatic nitrogens is 4. The number of fused-ring (bicyclic) bond motifs is 1. The maximum absolute atomic E-state index is 13.1. The van der Waals surface area contributed by atoms with Crippen LogP contribution in [0.1, 0.15) is 56.0 Å². The second-order valence-corrected chi connectivity index (χ2v) is 10.0. The Balaban J connectivity index is 1.16. The number of carbonyl (C=O) groups is 1. The van der Waals surface area contributed by atoms with Gasteiger partial charge < -0.3 is 15.0 Å². The van der Waals surface area contributed by atoms with Crippen LogP contribution in [-0.2, 0) is 31.1 Å². The first-order valence-electron chi connectivity index (χ1n) is 12.6. The standard InChI is InChI=1S/C25H36F2N6O2/c1-25(26,27)17-35-24-8-5-19-10-13-33(14-11-22(19)30-24)12-9-18-3-6-20(7-4-18)29-23(34)15-21-16-28-32(2)31-21/h5,8,16,18,20H,3-4,6-7,9-15,17H2,1-2H3,(H,29,34). The third-order valence-electron chi connectivity index (χ3n) is 6.93. The fraction of sp³-hybridized carbons (Fsp3) is 0.680. The first kappa shape index (κ1) is 25.5. The summed E-state index contributed by atoms with van der Waals surface area (Å²) in [6.45, 7) is 3.14. The Morgan fingerprint density at radius 2 is 1.97 bits per heavy atom. The molecule has 2 aromatic rings. The molecule has 2 aliphatic rings. The van der Waals surface area contributed by atoms with E-state index in [2.05, 4.69) is 25.4 Å². The molecule has 0 bridgehead atoms. The number of rotatable bonds is 9. The van der Waals surface area contributed by atoms with Crippen LogP contribution in [0, 0.1) is 5.92 Å². The third kappa shape index (κ3) is 7.95. The summed E-state index contributed by atoms with van der Waals surface area (Å²) in [6.07, 6.45) is 9.09. The SMILES string of the molecule is Cn1ncc(CC(=O)NC2CCC(CCN3CCc4ccc(OCC(C)(F)F)nc4CC3)CC2)n1. The Hall–Kier alpha value is -2.62. The van der Waals surface area contributed by atoms with Crippen molar-refractivity contribution in [3.8, 4) is 5.88 Å². The lowest BCUT2D eigenvalue weighted by molar-refractivity contribution is -0.121. The number of carbonyl (C=O) groups excluding carboxylic acids is 1. The second-order valence-electron chi connectivity index (χ2n) is 10.0. The zero-order valence-corrected chi connectivity index (χ0v) is 20.7. The van der Waals surface area contributed by atoms with E-state index >= 15 is 0 Å². The molecule has 0 unspecified atom stereocenters. The van der Waals surface area contributed by atoms with E-state index in [1.807, 2.05) is 6.07 Å². The summed E-state index contributed by atoms with van der Waals surface area (Å²) in [5, 5.41) is 11.3. The van der Waals surface area contributed by atoms with E-state index in [1.54, 1.807) is 19.3 Å². The van der Waals surface area contributed by atoms with Crippen molar-refractivity contribution in [2.75, 3.05) is 26.2 Å². The van der Waals surface area contributed by atoms with Crippen molar-refractivity contribution in [2.45, 2.75) is 70.3 Å². The molecule has 1 aliphatic heterocycles. The van der Waals surface area contributed by atoms with Gasteiger partial charge >= 0.3 is 0 Å². The van der Waals surface area contributed by atoms with Crippen molar-refractivity contribution in [2.24, 2.45) is 13.0 Å². The van der Waals surface area contributed by atoms with Crippen LogP contribution in [0.3, 0.4) is 0 Å². The minimum Gasteiger partial charge on any atom is -0.471 e. The van der Waals surface area contributed by atoms with Crippen molar-refractivity contribution in [1.29, 1.82) is 0 Å². The average Bonchev–Trinajstić information content (AvgIpc) is 3.10. The van der Waals surface area contributed by atoms with Crippen molar-refractivity contribution in [3.05, 3.63) is 35.3 Å². The Morgan fingerprint density at radius 1 is 1.20 bits per heavy atom. The predicted octanol–water partition coefficient (Wildman–Crippen LogP) is 2.95. The number of hydrogen-bond donors (Lipinski definition) is 1. The van der Waals surface area contributed by atoms with Crippen LogP contribution in [0.2, 0.25) is 0 Å². The summed E-state index contributed by atoms with van der Waals surface area (Å²) in [6, 6.07) is 3.91. The Labute approximate surface area is 205 Å². The lowest BCUT2D eigenvalue weighted by atomic mass is 9.84. The van der Waals surface area contributed by atoms with E-state index in [0.717, 1.165) is 77.2 Å². The fourth-order valence-electron chi connectivity index (χ4n) is 4.99. The number of alkyl halides is 2. The number of ether oxygens (including phenoxy) is 1. The molecular formula is C25H36F2N6O2. The van der Waals surface area contributed by atoms with Crippen LogP contribution in [0.15, 0.2) is 18.3 Å². The van der Waals surface area contributed by atoms with E-state index in [1.165, 1.54) is 10.4 Å². The van der Waals surface area contributed by atoms with Gasteiger partial charge in [-0.2, -0.15) is 15.0 Å². The summed E-state index contributed by atoms with van der Waals surface area (Å²) >= 11 is 0. The average molecular weight is 491 g/mol. The molecule has 8 nitrogen and oxygen atoms in total. The molecule has 1 N–H and O–H groups in total. The van der Waals surface area contributed by atoms with Gasteiger partial charge in [0.05, 0.1) is 18.3 Å². The summed E-state index contributed by atoms with van der Waals surface area (Å²) in [5.74, 6) is -1.89. The third-order valence-corrected chi connectivity index (χ3v) is 6.93. The van der Waals surface area contributed by atoms with Crippen LogP contribution >= 0.6 is 0 Å². The highest BCUT2D eigenvalue weighted by Crippen LogP contribution is 2.28. The number of nitrogens with zero attached hydrogens (tertiary/aromatic N) is 5. The van der Waals surface area contributed by atoms with Crippen LogP contribution in [0.5, 0.6) is 5.88 Å². The molecule has 0 spiro atoms. The number of nitrogens with one attached hydrogen (secondary N) is 1. The van der Waals surface area contributed by atoms with Gasteiger partial charge in [0.25, 0.3) is 5.92 Å². The number of amides is 1. The van der Waals surface area contributed by atoms with Crippen molar-refractivity contribution < 1.29 is 18.3 Å². The zero-order valence-electron chi connectivity index (χ0n) is 20.7. The topological polar surface area (TPSA) is 85.2 Å².